The normalized spacial score (nSPS) is 13.5. The molecule has 0 bridgehead atoms. The van der Waals surface area contributed by atoms with E-state index in [1.165, 1.54) is 10.9 Å². The fourth-order valence-corrected chi connectivity index (χ4v) is 5.86. The highest BCUT2D eigenvalue weighted by Crippen LogP contribution is 2.38. The van der Waals surface area contributed by atoms with Gasteiger partial charge in [0, 0.05) is 22.5 Å². The third kappa shape index (κ3) is 3.36. The van der Waals surface area contributed by atoms with Crippen molar-refractivity contribution in [2.75, 3.05) is 0 Å². The van der Waals surface area contributed by atoms with Gasteiger partial charge in [0.15, 0.2) is 5.16 Å². The number of halogens is 1. The number of benzene rings is 1. The fraction of sp³-hybridized carbons (Fsp3) is 0.263. The van der Waals surface area contributed by atoms with Crippen LogP contribution in [0.5, 0.6) is 0 Å². The third-order valence-corrected chi connectivity index (χ3v) is 7.15. The number of nitro groups is 1. The van der Waals surface area contributed by atoms with Crippen molar-refractivity contribution >= 4 is 50.6 Å². The number of aromatic nitrogens is 2. The Labute approximate surface area is 174 Å². The van der Waals surface area contributed by atoms with E-state index in [1.807, 2.05) is 0 Å². The summed E-state index contributed by atoms with van der Waals surface area (Å²) < 4.78 is 1.54. The Balaban J connectivity index is 1.90. The van der Waals surface area contributed by atoms with Crippen LogP contribution in [-0.4, -0.2) is 14.5 Å². The van der Waals surface area contributed by atoms with Gasteiger partial charge in [-0.1, -0.05) is 17.7 Å². The van der Waals surface area contributed by atoms with E-state index in [0.29, 0.717) is 20.3 Å². The van der Waals surface area contributed by atoms with Gasteiger partial charge in [0.2, 0.25) is 0 Å². The minimum absolute atomic E-state index is 0.108. The Morgan fingerprint density at radius 2 is 2.18 bits per heavy atom. The first-order chi connectivity index (χ1) is 13.5. The van der Waals surface area contributed by atoms with Gasteiger partial charge in [-0.2, -0.15) is 0 Å². The maximum Gasteiger partial charge on any atom is 0.284 e. The molecule has 0 fully saturated rings. The van der Waals surface area contributed by atoms with Crippen molar-refractivity contribution in [1.82, 2.24) is 9.55 Å². The van der Waals surface area contributed by atoms with Crippen LogP contribution in [0.25, 0.3) is 10.2 Å². The highest BCUT2D eigenvalue weighted by atomic mass is 35.5. The zero-order chi connectivity index (χ0) is 19.8. The van der Waals surface area contributed by atoms with Crippen molar-refractivity contribution in [3.8, 4) is 0 Å². The smallest absolute Gasteiger partial charge is 0.283 e. The van der Waals surface area contributed by atoms with Crippen molar-refractivity contribution in [2.45, 2.75) is 42.3 Å². The maximum atomic E-state index is 13.2. The summed E-state index contributed by atoms with van der Waals surface area (Å²) in [7, 11) is 0. The van der Waals surface area contributed by atoms with Crippen LogP contribution in [0.3, 0.4) is 0 Å². The lowest BCUT2D eigenvalue weighted by molar-refractivity contribution is -0.387. The van der Waals surface area contributed by atoms with Gasteiger partial charge >= 0.3 is 0 Å². The molecule has 4 rings (SSSR count). The zero-order valence-electron chi connectivity index (χ0n) is 14.8. The molecule has 144 valence electrons. The van der Waals surface area contributed by atoms with Crippen LogP contribution >= 0.6 is 34.7 Å². The molecule has 0 saturated heterocycles. The molecule has 0 N–H and O–H groups in total. The zero-order valence-corrected chi connectivity index (χ0v) is 17.2. The van der Waals surface area contributed by atoms with Crippen LogP contribution in [0.2, 0.25) is 5.02 Å². The molecule has 1 aliphatic carbocycles. The Bertz CT molecular complexity index is 1170. The Morgan fingerprint density at radius 1 is 1.39 bits per heavy atom. The molecular weight excluding hydrogens is 418 g/mol. The average Bonchev–Trinajstić information content (AvgIpc) is 3.04. The number of rotatable bonds is 5. The van der Waals surface area contributed by atoms with Gasteiger partial charge in [-0.25, -0.2) is 4.98 Å². The second kappa shape index (κ2) is 7.69. The van der Waals surface area contributed by atoms with Gasteiger partial charge in [0.1, 0.15) is 4.83 Å². The molecule has 2 heterocycles. The summed E-state index contributed by atoms with van der Waals surface area (Å²) in [5.74, 6) is 0. The van der Waals surface area contributed by atoms with Crippen molar-refractivity contribution < 1.29 is 4.92 Å². The molecule has 1 aromatic carbocycles. The number of nitrogens with zero attached hydrogens (tertiary/aromatic N) is 3. The number of nitro benzene ring substituents is 1. The van der Waals surface area contributed by atoms with Gasteiger partial charge in [0.05, 0.1) is 15.2 Å². The van der Waals surface area contributed by atoms with Gasteiger partial charge in [-0.3, -0.25) is 19.5 Å². The first-order valence-electron chi connectivity index (χ1n) is 8.77. The highest BCUT2D eigenvalue weighted by molar-refractivity contribution is 7.99. The lowest BCUT2D eigenvalue weighted by Crippen LogP contribution is -2.23. The quantitative estimate of drug-likeness (QED) is 0.238. The number of thiophene rings is 1. The minimum Gasteiger partial charge on any atom is -0.283 e. The number of allylic oxidation sites excluding steroid dienone is 1. The summed E-state index contributed by atoms with van der Waals surface area (Å²) in [5.41, 5.74) is 0.904. The van der Waals surface area contributed by atoms with Crippen molar-refractivity contribution in [3.05, 3.63) is 66.8 Å². The minimum atomic E-state index is -0.480. The summed E-state index contributed by atoms with van der Waals surface area (Å²) in [6.07, 6.45) is 5.71. The third-order valence-electron chi connectivity index (χ3n) is 4.67. The van der Waals surface area contributed by atoms with Crippen molar-refractivity contribution in [3.63, 3.8) is 0 Å². The first kappa shape index (κ1) is 19.2. The van der Waals surface area contributed by atoms with E-state index in [4.69, 9.17) is 16.6 Å². The summed E-state index contributed by atoms with van der Waals surface area (Å²) in [4.78, 5) is 31.2. The molecule has 9 heteroatoms. The van der Waals surface area contributed by atoms with E-state index >= 15 is 0 Å². The second-order valence-corrected chi connectivity index (χ2v) is 8.99. The summed E-state index contributed by atoms with van der Waals surface area (Å²) in [5, 5.41) is 12.8. The molecule has 0 unspecified atom stereocenters. The number of aryl methyl sites for hydroxylation is 2. The lowest BCUT2D eigenvalue weighted by atomic mass is 9.97. The van der Waals surface area contributed by atoms with Gasteiger partial charge in [-0.15, -0.1) is 17.9 Å². The second-order valence-electron chi connectivity index (χ2n) is 6.46. The van der Waals surface area contributed by atoms with E-state index in [-0.39, 0.29) is 22.8 Å². The Morgan fingerprint density at radius 3 is 2.93 bits per heavy atom. The SMILES string of the molecule is C=CCn1c(Sc2ccc(Cl)cc2[N+](=O)[O-])nc2sc3c(c2c1=O)CCCC3. The largest absolute Gasteiger partial charge is 0.284 e. The Hall–Kier alpha value is -2.16. The monoisotopic (exact) mass is 433 g/mol. The van der Waals surface area contributed by atoms with E-state index in [2.05, 4.69) is 6.58 Å². The van der Waals surface area contributed by atoms with Crippen LogP contribution in [0.4, 0.5) is 5.69 Å². The van der Waals surface area contributed by atoms with Crippen LogP contribution in [0.1, 0.15) is 23.3 Å². The maximum absolute atomic E-state index is 13.2. The highest BCUT2D eigenvalue weighted by Gasteiger charge is 2.24. The summed E-state index contributed by atoms with van der Waals surface area (Å²) in [6, 6.07) is 4.48. The lowest BCUT2D eigenvalue weighted by Gasteiger charge is -2.12. The van der Waals surface area contributed by atoms with E-state index < -0.39 is 4.92 Å². The van der Waals surface area contributed by atoms with Crippen LogP contribution in [0, 0.1) is 10.1 Å². The number of fused-ring (bicyclic) bond motifs is 3. The van der Waals surface area contributed by atoms with Crippen LogP contribution < -0.4 is 5.56 Å². The van der Waals surface area contributed by atoms with Crippen molar-refractivity contribution in [2.24, 2.45) is 0 Å². The van der Waals surface area contributed by atoms with Crippen molar-refractivity contribution in [1.29, 1.82) is 0 Å². The number of hydrogen-bond acceptors (Lipinski definition) is 6. The molecule has 0 saturated carbocycles. The predicted molar refractivity (Wildman–Crippen MR) is 113 cm³/mol. The fourth-order valence-electron chi connectivity index (χ4n) is 3.41. The molecule has 0 radical (unpaired) electrons. The molecule has 0 spiro atoms. The molecule has 0 amide bonds. The van der Waals surface area contributed by atoms with E-state index in [0.717, 1.165) is 43.0 Å². The summed E-state index contributed by atoms with van der Waals surface area (Å²) >= 11 is 8.57. The molecule has 28 heavy (non-hydrogen) atoms. The molecule has 1 aliphatic rings. The number of hydrogen-bond donors (Lipinski definition) is 0. The first-order valence-corrected chi connectivity index (χ1v) is 10.8. The van der Waals surface area contributed by atoms with E-state index in [9.17, 15) is 14.9 Å². The van der Waals surface area contributed by atoms with Crippen LogP contribution in [0.15, 0.2) is 45.7 Å². The average molecular weight is 434 g/mol. The molecule has 3 aromatic rings. The van der Waals surface area contributed by atoms with E-state index in [1.54, 1.807) is 34.1 Å². The molecule has 0 atom stereocenters. The molecule has 6 nitrogen and oxygen atoms in total. The van der Waals surface area contributed by atoms with Gasteiger partial charge < -0.3 is 0 Å². The van der Waals surface area contributed by atoms with Gasteiger partial charge in [-0.05, 0) is 55.1 Å². The standard InChI is InChI=1S/C19H16ClN3O3S2/c1-2-9-22-18(24)16-12-5-3-4-6-14(12)27-17(16)21-19(22)28-15-8-7-11(20)10-13(15)23(25)26/h2,7-8,10H,1,3-6,9H2. The Kier molecular flexibility index (Phi) is 5.27. The van der Waals surface area contributed by atoms with Gasteiger partial charge in [0.25, 0.3) is 11.2 Å². The topological polar surface area (TPSA) is 78.0 Å². The predicted octanol–water partition coefficient (Wildman–Crippen LogP) is 5.24. The molecule has 2 aromatic heterocycles. The molecule has 0 aliphatic heterocycles. The summed E-state index contributed by atoms with van der Waals surface area (Å²) in [6.45, 7) is 4.03. The van der Waals surface area contributed by atoms with Crippen LogP contribution in [-0.2, 0) is 19.4 Å². The molecular formula is C19H16ClN3O3S2.